The molecule has 0 saturated carbocycles. The molecule has 2 fully saturated rings. The van der Waals surface area contributed by atoms with E-state index in [0.717, 1.165) is 0 Å². The molecule has 3 rings (SSSR count). The van der Waals surface area contributed by atoms with Crippen LogP contribution in [0.1, 0.15) is 16.8 Å². The maximum Gasteiger partial charge on any atom is 0.262 e. The maximum absolute atomic E-state index is 13.6. The third kappa shape index (κ3) is 3.38. The first kappa shape index (κ1) is 17.8. The Balaban J connectivity index is 1.66. The molecule has 0 unspecified atom stereocenters. The molecule has 2 aliphatic heterocycles. The molecule has 0 bridgehead atoms. The number of nitrogens with zero attached hydrogens (tertiary/aromatic N) is 3. The second-order valence-electron chi connectivity index (χ2n) is 6.34. The van der Waals surface area contributed by atoms with Crippen molar-refractivity contribution in [2.75, 3.05) is 40.5 Å². The van der Waals surface area contributed by atoms with Crippen LogP contribution in [0.25, 0.3) is 0 Å². The van der Waals surface area contributed by atoms with Gasteiger partial charge < -0.3 is 19.5 Å². The molecule has 1 N–H and O–H groups in total. The van der Waals surface area contributed by atoms with Gasteiger partial charge >= 0.3 is 0 Å². The first-order valence-corrected chi connectivity index (χ1v) is 8.01. The fraction of sp³-hybridized carbons (Fsp3) is 0.625. The molecule has 2 saturated heterocycles. The lowest BCUT2D eigenvalue weighted by Gasteiger charge is -2.45. The highest BCUT2D eigenvalue weighted by molar-refractivity contribution is 5.97. The highest BCUT2D eigenvalue weighted by Gasteiger charge is 2.50. The fourth-order valence-corrected chi connectivity index (χ4v) is 3.38. The average Bonchev–Trinajstić information content (AvgIpc) is 2.87. The second kappa shape index (κ2) is 6.72. The van der Waals surface area contributed by atoms with Crippen LogP contribution in [0.15, 0.2) is 12.1 Å². The summed E-state index contributed by atoms with van der Waals surface area (Å²) in [5.41, 5.74) is 0.298. The quantitative estimate of drug-likeness (QED) is 0.833. The molecule has 1 amide bonds. The van der Waals surface area contributed by atoms with Crippen LogP contribution < -0.4 is 9.47 Å². The van der Waals surface area contributed by atoms with E-state index in [1.807, 2.05) is 0 Å². The van der Waals surface area contributed by atoms with Gasteiger partial charge in [0.15, 0.2) is 0 Å². The Morgan fingerprint density at radius 2 is 2.08 bits per heavy atom. The van der Waals surface area contributed by atoms with Crippen LogP contribution in [0.4, 0.5) is 8.78 Å². The molecule has 3 heterocycles. The van der Waals surface area contributed by atoms with Gasteiger partial charge in [0.05, 0.1) is 27.4 Å². The summed E-state index contributed by atoms with van der Waals surface area (Å²) in [6.45, 7) is -0.0181. The lowest BCUT2D eigenvalue weighted by Crippen LogP contribution is -2.62. The number of methoxy groups -OCH3 is 2. The molecular weight excluding hydrogens is 336 g/mol. The smallest absolute Gasteiger partial charge is 0.262 e. The summed E-state index contributed by atoms with van der Waals surface area (Å²) in [6.07, 6.45) is -0.343. The molecule has 0 aliphatic carbocycles. The number of alkyl halides is 2. The maximum atomic E-state index is 13.6. The molecule has 9 heteroatoms. The minimum absolute atomic E-state index is 0.161. The monoisotopic (exact) mass is 357 g/mol. The van der Waals surface area contributed by atoms with E-state index in [1.165, 1.54) is 14.2 Å². The lowest BCUT2D eigenvalue weighted by molar-refractivity contribution is -0.0126. The predicted octanol–water partition coefficient (Wildman–Crippen LogP) is 0.625. The molecule has 7 nitrogen and oxygen atoms in total. The van der Waals surface area contributed by atoms with E-state index in [9.17, 15) is 18.7 Å². The summed E-state index contributed by atoms with van der Waals surface area (Å²) in [4.78, 5) is 19.8. The molecule has 138 valence electrons. The number of halogens is 2. The average molecular weight is 357 g/mol. The number of carbonyl (C=O) groups excluding carboxylic acids is 1. The van der Waals surface area contributed by atoms with Gasteiger partial charge in [-0.2, -0.15) is 4.98 Å². The Morgan fingerprint density at radius 1 is 1.36 bits per heavy atom. The third-order valence-corrected chi connectivity index (χ3v) is 4.71. The molecule has 2 aliphatic rings. The summed E-state index contributed by atoms with van der Waals surface area (Å²) in [6, 6.07) is 2.40. The Kier molecular flexibility index (Phi) is 4.79. The Bertz CT molecular complexity index is 652. The van der Waals surface area contributed by atoms with Crippen molar-refractivity contribution in [1.82, 2.24) is 14.8 Å². The van der Waals surface area contributed by atoms with Crippen molar-refractivity contribution in [2.45, 2.75) is 24.4 Å². The van der Waals surface area contributed by atoms with E-state index in [-0.39, 0.29) is 37.4 Å². The summed E-state index contributed by atoms with van der Waals surface area (Å²) < 4.78 is 37.3. The summed E-state index contributed by atoms with van der Waals surface area (Å²) in [5.74, 6) is -2.57. The van der Waals surface area contributed by atoms with Crippen molar-refractivity contribution >= 4 is 5.91 Å². The number of hydrogen-bond donors (Lipinski definition) is 1. The van der Waals surface area contributed by atoms with E-state index in [0.29, 0.717) is 24.5 Å². The lowest BCUT2D eigenvalue weighted by atomic mass is 10.0. The van der Waals surface area contributed by atoms with E-state index in [4.69, 9.17) is 9.47 Å². The standard InChI is InChI=1S/C16H21F2N3O4/c1-24-13-4-3-12(14(19-13)25-2)15(23)20-6-11(7-20)21-9-16(17,18)5-10(21)8-22/h3-4,10-11,22H,5-9H2,1-2H3/t10-/m0/s1. The Hall–Kier alpha value is -2.00. The number of rotatable bonds is 5. The second-order valence-corrected chi connectivity index (χ2v) is 6.34. The fourth-order valence-electron chi connectivity index (χ4n) is 3.38. The third-order valence-electron chi connectivity index (χ3n) is 4.71. The van der Waals surface area contributed by atoms with Gasteiger partial charge in [-0.1, -0.05) is 0 Å². The molecule has 25 heavy (non-hydrogen) atoms. The van der Waals surface area contributed by atoms with Gasteiger partial charge in [0, 0.05) is 37.7 Å². The molecule has 0 radical (unpaired) electrons. The molecule has 1 aromatic rings. The van der Waals surface area contributed by atoms with Gasteiger partial charge in [-0.3, -0.25) is 9.69 Å². The van der Waals surface area contributed by atoms with Crippen LogP contribution in [0.5, 0.6) is 11.8 Å². The summed E-state index contributed by atoms with van der Waals surface area (Å²) >= 11 is 0. The van der Waals surface area contributed by atoms with Gasteiger partial charge in [-0.25, -0.2) is 8.78 Å². The number of aliphatic hydroxyl groups excluding tert-OH is 1. The SMILES string of the molecule is COc1ccc(C(=O)N2CC(N3CC(F)(F)C[C@H]3CO)C2)c(OC)n1. The van der Waals surface area contributed by atoms with Crippen molar-refractivity contribution in [1.29, 1.82) is 0 Å². The van der Waals surface area contributed by atoms with Crippen molar-refractivity contribution in [3.63, 3.8) is 0 Å². The van der Waals surface area contributed by atoms with Gasteiger partial charge in [-0.05, 0) is 6.07 Å². The van der Waals surface area contributed by atoms with Crippen LogP contribution in [0.3, 0.4) is 0 Å². The van der Waals surface area contributed by atoms with E-state index in [1.54, 1.807) is 21.9 Å². The molecule has 1 aromatic heterocycles. The zero-order valence-corrected chi connectivity index (χ0v) is 14.1. The number of carbonyl (C=O) groups is 1. The van der Waals surface area contributed by atoms with E-state index in [2.05, 4.69) is 4.98 Å². The zero-order chi connectivity index (χ0) is 18.2. The summed E-state index contributed by atoms with van der Waals surface area (Å²) in [5, 5.41) is 9.32. The number of ether oxygens (including phenoxy) is 2. The van der Waals surface area contributed by atoms with Crippen LogP contribution in [0.2, 0.25) is 0 Å². The first-order chi connectivity index (χ1) is 11.9. The van der Waals surface area contributed by atoms with Gasteiger partial charge in [0.1, 0.15) is 5.56 Å². The van der Waals surface area contributed by atoms with Crippen LogP contribution in [-0.2, 0) is 0 Å². The highest BCUT2D eigenvalue weighted by Crippen LogP contribution is 2.35. The van der Waals surface area contributed by atoms with Crippen LogP contribution in [0, 0.1) is 0 Å². The first-order valence-electron chi connectivity index (χ1n) is 8.01. The van der Waals surface area contributed by atoms with Crippen molar-refractivity contribution in [3.8, 4) is 11.8 Å². The van der Waals surface area contributed by atoms with Crippen molar-refractivity contribution in [2.24, 2.45) is 0 Å². The van der Waals surface area contributed by atoms with Crippen LogP contribution in [-0.4, -0.2) is 84.3 Å². The number of aliphatic hydroxyl groups is 1. The largest absolute Gasteiger partial charge is 0.481 e. The van der Waals surface area contributed by atoms with E-state index < -0.39 is 12.0 Å². The van der Waals surface area contributed by atoms with E-state index >= 15 is 0 Å². The normalized spacial score (nSPS) is 23.4. The number of amides is 1. The minimum atomic E-state index is -2.79. The topological polar surface area (TPSA) is 75.1 Å². The minimum Gasteiger partial charge on any atom is -0.481 e. The number of pyridine rings is 1. The van der Waals surface area contributed by atoms with Gasteiger partial charge in [0.2, 0.25) is 11.8 Å². The number of aromatic nitrogens is 1. The van der Waals surface area contributed by atoms with Crippen molar-refractivity contribution < 1.29 is 28.2 Å². The number of likely N-dealkylation sites (tertiary alicyclic amines) is 2. The van der Waals surface area contributed by atoms with Gasteiger partial charge in [0.25, 0.3) is 11.8 Å². The zero-order valence-electron chi connectivity index (χ0n) is 14.1. The highest BCUT2D eigenvalue weighted by atomic mass is 19.3. The molecule has 0 aromatic carbocycles. The van der Waals surface area contributed by atoms with Crippen molar-refractivity contribution in [3.05, 3.63) is 17.7 Å². The summed E-state index contributed by atoms with van der Waals surface area (Å²) in [7, 11) is 2.88. The Labute approximate surface area is 144 Å². The predicted molar refractivity (Wildman–Crippen MR) is 84.2 cm³/mol. The Morgan fingerprint density at radius 3 is 2.68 bits per heavy atom. The molecular formula is C16H21F2N3O4. The molecule has 0 spiro atoms. The number of hydrogen-bond acceptors (Lipinski definition) is 6. The van der Waals surface area contributed by atoms with Crippen LogP contribution >= 0.6 is 0 Å². The van der Waals surface area contributed by atoms with Gasteiger partial charge in [-0.15, -0.1) is 0 Å². The molecule has 1 atom stereocenters.